The van der Waals surface area contributed by atoms with Crippen molar-refractivity contribution in [3.8, 4) is 5.75 Å². The van der Waals surface area contributed by atoms with E-state index < -0.39 is 0 Å². The summed E-state index contributed by atoms with van der Waals surface area (Å²) >= 11 is 5.97. The van der Waals surface area contributed by atoms with E-state index in [0.29, 0.717) is 23.2 Å². The molecule has 4 nitrogen and oxygen atoms in total. The van der Waals surface area contributed by atoms with Gasteiger partial charge >= 0.3 is 0 Å². The van der Waals surface area contributed by atoms with Crippen molar-refractivity contribution in [2.24, 2.45) is 11.7 Å². The molecule has 2 atom stereocenters. The fraction of sp³-hybridized carbons (Fsp3) is 0.533. The molecule has 21 heavy (non-hydrogen) atoms. The maximum absolute atomic E-state index is 12.2. The zero-order valence-corrected chi connectivity index (χ0v) is 13.7. The van der Waals surface area contributed by atoms with E-state index in [1.54, 1.807) is 25.3 Å². The van der Waals surface area contributed by atoms with Gasteiger partial charge in [0.1, 0.15) is 5.75 Å². The lowest BCUT2D eigenvalue weighted by Gasteiger charge is -2.19. The first-order valence-corrected chi connectivity index (χ1v) is 7.33. The minimum atomic E-state index is -0.00378. The monoisotopic (exact) mass is 332 g/mol. The molecule has 118 valence electrons. The summed E-state index contributed by atoms with van der Waals surface area (Å²) in [5.41, 5.74) is 6.53. The van der Waals surface area contributed by atoms with Crippen LogP contribution in [0.25, 0.3) is 0 Å². The van der Waals surface area contributed by atoms with E-state index in [1.807, 2.05) is 0 Å². The number of carbonyl (C=O) groups excluding carboxylic acids is 1. The third-order valence-electron chi connectivity index (χ3n) is 3.90. The summed E-state index contributed by atoms with van der Waals surface area (Å²) in [6.07, 6.45) is 3.52. The summed E-state index contributed by atoms with van der Waals surface area (Å²) in [5, 5.41) is 3.69. The molecule has 6 heteroatoms. The molecule has 1 aliphatic rings. The number of benzene rings is 1. The van der Waals surface area contributed by atoms with Crippen molar-refractivity contribution in [2.45, 2.75) is 31.7 Å². The van der Waals surface area contributed by atoms with Gasteiger partial charge in [-0.3, -0.25) is 4.79 Å². The maximum atomic E-state index is 12.2. The Bertz CT molecular complexity index is 483. The van der Waals surface area contributed by atoms with Crippen molar-refractivity contribution in [1.82, 2.24) is 5.32 Å². The first-order chi connectivity index (χ1) is 9.63. The third kappa shape index (κ3) is 4.77. The average molecular weight is 333 g/mol. The van der Waals surface area contributed by atoms with Gasteiger partial charge in [0.15, 0.2) is 0 Å². The maximum Gasteiger partial charge on any atom is 0.224 e. The van der Waals surface area contributed by atoms with E-state index in [-0.39, 0.29) is 30.8 Å². The quantitative estimate of drug-likeness (QED) is 0.870. The fourth-order valence-electron chi connectivity index (χ4n) is 2.83. The van der Waals surface area contributed by atoms with Gasteiger partial charge in [-0.15, -0.1) is 12.4 Å². The Morgan fingerprint density at radius 1 is 1.48 bits per heavy atom. The van der Waals surface area contributed by atoms with Crippen LogP contribution in [-0.4, -0.2) is 25.6 Å². The van der Waals surface area contributed by atoms with Crippen LogP contribution in [0, 0.1) is 5.92 Å². The van der Waals surface area contributed by atoms with E-state index in [2.05, 4.69) is 5.32 Å². The number of nitrogens with one attached hydrogen (secondary N) is 1. The number of amides is 1. The van der Waals surface area contributed by atoms with Crippen LogP contribution in [0.5, 0.6) is 5.75 Å². The van der Waals surface area contributed by atoms with Gasteiger partial charge in [0, 0.05) is 16.6 Å². The number of ether oxygens (including phenoxy) is 1. The topological polar surface area (TPSA) is 64.3 Å². The van der Waals surface area contributed by atoms with Crippen molar-refractivity contribution >= 4 is 29.9 Å². The highest BCUT2D eigenvalue weighted by Crippen LogP contribution is 2.26. The summed E-state index contributed by atoms with van der Waals surface area (Å²) in [6, 6.07) is 5.51. The lowest BCUT2D eigenvalue weighted by Crippen LogP contribution is -2.40. The van der Waals surface area contributed by atoms with E-state index in [1.165, 1.54) is 0 Å². The molecule has 1 amide bonds. The van der Waals surface area contributed by atoms with Crippen molar-refractivity contribution in [3.63, 3.8) is 0 Å². The van der Waals surface area contributed by atoms with E-state index in [9.17, 15) is 4.79 Å². The van der Waals surface area contributed by atoms with Crippen molar-refractivity contribution < 1.29 is 9.53 Å². The number of hydrogen-bond acceptors (Lipinski definition) is 3. The van der Waals surface area contributed by atoms with Crippen molar-refractivity contribution in [2.75, 3.05) is 13.7 Å². The Balaban J connectivity index is 0.00000220. The lowest BCUT2D eigenvalue weighted by atomic mass is 10.0. The largest absolute Gasteiger partial charge is 0.496 e. The van der Waals surface area contributed by atoms with Crippen LogP contribution in [0.4, 0.5) is 0 Å². The number of hydrogen-bond donors (Lipinski definition) is 2. The third-order valence-corrected chi connectivity index (χ3v) is 4.14. The molecule has 2 rings (SSSR count). The number of methoxy groups -OCH3 is 1. The normalized spacial score (nSPS) is 20.7. The summed E-state index contributed by atoms with van der Waals surface area (Å²) in [4.78, 5) is 12.2. The minimum Gasteiger partial charge on any atom is -0.496 e. The van der Waals surface area contributed by atoms with Crippen molar-refractivity contribution in [3.05, 3.63) is 28.8 Å². The smallest absolute Gasteiger partial charge is 0.224 e. The molecule has 0 radical (unpaired) electrons. The Labute approximate surface area is 136 Å². The molecule has 0 heterocycles. The van der Waals surface area contributed by atoms with Gasteiger partial charge in [-0.1, -0.05) is 18.0 Å². The Morgan fingerprint density at radius 2 is 2.24 bits per heavy atom. The Morgan fingerprint density at radius 3 is 2.90 bits per heavy atom. The SMILES string of the molecule is COc1ccc(Cl)cc1CC(=O)NC1CCCC1CN.Cl. The molecule has 1 aromatic carbocycles. The van der Waals surface area contributed by atoms with Crippen LogP contribution in [0.3, 0.4) is 0 Å². The van der Waals surface area contributed by atoms with Crippen LogP contribution in [0.1, 0.15) is 24.8 Å². The summed E-state index contributed by atoms with van der Waals surface area (Å²) in [6.45, 7) is 0.630. The molecule has 0 spiro atoms. The predicted molar refractivity (Wildman–Crippen MR) is 87.3 cm³/mol. The fourth-order valence-corrected chi connectivity index (χ4v) is 3.02. The van der Waals surface area contributed by atoms with Gasteiger partial charge in [0.2, 0.25) is 5.91 Å². The van der Waals surface area contributed by atoms with Crippen LogP contribution >= 0.6 is 24.0 Å². The molecule has 0 aliphatic heterocycles. The highest BCUT2D eigenvalue weighted by atomic mass is 35.5. The van der Waals surface area contributed by atoms with Gasteiger partial charge in [-0.2, -0.15) is 0 Å². The molecule has 1 aromatic rings. The van der Waals surface area contributed by atoms with E-state index >= 15 is 0 Å². The van der Waals surface area contributed by atoms with Gasteiger partial charge in [0.05, 0.1) is 13.5 Å². The molecule has 3 N–H and O–H groups in total. The molecule has 1 fully saturated rings. The zero-order chi connectivity index (χ0) is 14.5. The number of halogens is 2. The summed E-state index contributed by atoms with van der Waals surface area (Å²) in [5.74, 6) is 1.09. The molecule has 2 unspecified atom stereocenters. The molecule has 0 saturated heterocycles. The zero-order valence-electron chi connectivity index (χ0n) is 12.1. The molecule has 0 bridgehead atoms. The van der Waals surface area contributed by atoms with Crippen LogP contribution < -0.4 is 15.8 Å². The second-order valence-corrected chi connectivity index (χ2v) is 5.67. The van der Waals surface area contributed by atoms with Crippen LogP contribution in [0.15, 0.2) is 18.2 Å². The first-order valence-electron chi connectivity index (χ1n) is 6.96. The molecule has 0 aromatic heterocycles. The van der Waals surface area contributed by atoms with Gasteiger partial charge in [-0.25, -0.2) is 0 Å². The van der Waals surface area contributed by atoms with E-state index in [4.69, 9.17) is 22.1 Å². The summed E-state index contributed by atoms with van der Waals surface area (Å²) < 4.78 is 5.25. The van der Waals surface area contributed by atoms with E-state index in [0.717, 1.165) is 24.8 Å². The highest BCUT2D eigenvalue weighted by molar-refractivity contribution is 6.30. The Kier molecular flexibility index (Phi) is 7.29. The number of rotatable bonds is 5. The second kappa shape index (κ2) is 8.47. The summed E-state index contributed by atoms with van der Waals surface area (Å²) in [7, 11) is 1.59. The van der Waals surface area contributed by atoms with Crippen LogP contribution in [0.2, 0.25) is 5.02 Å². The van der Waals surface area contributed by atoms with Crippen molar-refractivity contribution in [1.29, 1.82) is 0 Å². The predicted octanol–water partition coefficient (Wildman–Crippen LogP) is 2.56. The minimum absolute atomic E-state index is 0. The Hall–Kier alpha value is -0.970. The van der Waals surface area contributed by atoms with Gasteiger partial charge in [0.25, 0.3) is 0 Å². The number of carbonyl (C=O) groups is 1. The molecule has 1 saturated carbocycles. The highest BCUT2D eigenvalue weighted by Gasteiger charge is 2.27. The van der Waals surface area contributed by atoms with Gasteiger partial charge in [-0.05, 0) is 43.5 Å². The lowest BCUT2D eigenvalue weighted by molar-refractivity contribution is -0.121. The molecule has 1 aliphatic carbocycles. The van der Waals surface area contributed by atoms with Crippen LogP contribution in [-0.2, 0) is 11.2 Å². The second-order valence-electron chi connectivity index (χ2n) is 5.23. The number of nitrogens with two attached hydrogens (primary N) is 1. The first kappa shape index (κ1) is 18.1. The standard InChI is InChI=1S/C15H21ClN2O2.ClH/c1-20-14-6-5-12(16)7-11(14)8-15(19)18-13-4-2-3-10(13)9-17;/h5-7,10,13H,2-4,8-9,17H2,1H3,(H,18,19);1H. The van der Waals surface area contributed by atoms with Gasteiger partial charge < -0.3 is 15.8 Å². The molecular weight excluding hydrogens is 311 g/mol. The molecular formula is C15H22Cl2N2O2. The average Bonchev–Trinajstić information content (AvgIpc) is 2.86.